The van der Waals surface area contributed by atoms with Crippen LogP contribution < -0.4 is 10.1 Å². The van der Waals surface area contributed by atoms with Gasteiger partial charge in [-0.3, -0.25) is 4.79 Å². The lowest BCUT2D eigenvalue weighted by Gasteiger charge is -2.09. The highest BCUT2D eigenvalue weighted by atomic mass is 35.5. The largest absolute Gasteiger partial charge is 0.481 e. The summed E-state index contributed by atoms with van der Waals surface area (Å²) in [5, 5.41) is 12.3. The molecule has 0 unspecified atom stereocenters. The number of carbonyl (C=O) groups is 2. The quantitative estimate of drug-likeness (QED) is 0.444. The van der Waals surface area contributed by atoms with E-state index in [-0.39, 0.29) is 27.9 Å². The first-order valence-corrected chi connectivity index (χ1v) is 8.37. The zero-order valence-corrected chi connectivity index (χ0v) is 15.7. The third-order valence-electron chi connectivity index (χ3n) is 3.36. The molecular formula is C19H14Cl2N2O4. The van der Waals surface area contributed by atoms with Gasteiger partial charge in [0, 0.05) is 5.56 Å². The molecule has 138 valence electrons. The molecule has 0 saturated carbocycles. The van der Waals surface area contributed by atoms with Crippen molar-refractivity contribution in [2.45, 2.75) is 0 Å². The summed E-state index contributed by atoms with van der Waals surface area (Å²) in [7, 11) is 1.25. The molecule has 0 saturated heterocycles. The van der Waals surface area contributed by atoms with E-state index < -0.39 is 11.9 Å². The molecule has 27 heavy (non-hydrogen) atoms. The molecule has 0 radical (unpaired) electrons. The van der Waals surface area contributed by atoms with Crippen molar-refractivity contribution in [3.05, 3.63) is 63.6 Å². The summed E-state index contributed by atoms with van der Waals surface area (Å²) < 4.78 is 9.89. The number of benzene rings is 2. The fourth-order valence-corrected chi connectivity index (χ4v) is 2.37. The van der Waals surface area contributed by atoms with Gasteiger partial charge in [-0.15, -0.1) is 0 Å². The van der Waals surface area contributed by atoms with E-state index in [0.29, 0.717) is 11.3 Å². The first kappa shape index (κ1) is 20.3. The van der Waals surface area contributed by atoms with Gasteiger partial charge in [0.05, 0.1) is 22.8 Å². The Morgan fingerprint density at radius 1 is 1.19 bits per heavy atom. The number of carbonyl (C=O) groups excluding carboxylic acids is 2. The van der Waals surface area contributed by atoms with E-state index in [9.17, 15) is 14.9 Å². The van der Waals surface area contributed by atoms with E-state index in [4.69, 9.17) is 27.9 Å². The average Bonchev–Trinajstić information content (AvgIpc) is 2.68. The lowest BCUT2D eigenvalue weighted by molar-refractivity contribution is -0.142. The van der Waals surface area contributed by atoms with Crippen LogP contribution in [0.3, 0.4) is 0 Å². The summed E-state index contributed by atoms with van der Waals surface area (Å²) in [5.41, 5.74) is 0.552. The summed E-state index contributed by atoms with van der Waals surface area (Å²) in [5.74, 6) is -0.892. The number of nitriles is 1. The minimum atomic E-state index is -0.663. The van der Waals surface area contributed by atoms with Crippen LogP contribution in [-0.4, -0.2) is 25.6 Å². The van der Waals surface area contributed by atoms with Crippen molar-refractivity contribution in [3.63, 3.8) is 0 Å². The van der Waals surface area contributed by atoms with E-state index in [0.717, 1.165) is 0 Å². The molecule has 2 aromatic carbocycles. The number of methoxy groups -OCH3 is 1. The molecule has 0 fully saturated rings. The minimum Gasteiger partial charge on any atom is -0.481 e. The number of hydrogen-bond acceptors (Lipinski definition) is 5. The van der Waals surface area contributed by atoms with Crippen LogP contribution >= 0.6 is 23.2 Å². The van der Waals surface area contributed by atoms with Gasteiger partial charge in [0.1, 0.15) is 17.4 Å². The molecule has 0 aliphatic heterocycles. The van der Waals surface area contributed by atoms with Gasteiger partial charge in [0.2, 0.25) is 0 Å². The SMILES string of the molecule is COC(=O)COc1ccccc1C=C(C#N)C(=O)Nc1cccc(Cl)c1Cl. The number of nitrogens with zero attached hydrogens (tertiary/aromatic N) is 1. The Morgan fingerprint density at radius 3 is 2.63 bits per heavy atom. The number of amides is 1. The molecule has 0 aromatic heterocycles. The number of rotatable bonds is 6. The van der Waals surface area contributed by atoms with Crippen molar-refractivity contribution >= 4 is 46.8 Å². The molecule has 0 heterocycles. The van der Waals surface area contributed by atoms with Crippen LogP contribution in [0.25, 0.3) is 6.08 Å². The third kappa shape index (κ3) is 5.48. The molecule has 0 atom stereocenters. The second kappa shape index (κ2) is 9.62. The highest BCUT2D eigenvalue weighted by molar-refractivity contribution is 6.44. The number of nitrogens with one attached hydrogen (secondary N) is 1. The Kier molecular flexibility index (Phi) is 7.24. The number of para-hydroxylation sites is 1. The van der Waals surface area contributed by atoms with Crippen molar-refractivity contribution in [1.29, 1.82) is 5.26 Å². The van der Waals surface area contributed by atoms with Crippen LogP contribution in [-0.2, 0) is 14.3 Å². The summed E-state index contributed by atoms with van der Waals surface area (Å²) >= 11 is 12.0. The topological polar surface area (TPSA) is 88.4 Å². The Bertz CT molecular complexity index is 936. The highest BCUT2D eigenvalue weighted by Crippen LogP contribution is 2.30. The standard InChI is InChI=1S/C19H14Cl2N2O4/c1-26-17(24)11-27-16-8-3-2-5-12(16)9-13(10-22)19(25)23-15-7-4-6-14(20)18(15)21/h2-9H,11H2,1H3,(H,23,25). The molecular weight excluding hydrogens is 391 g/mol. The lowest BCUT2D eigenvalue weighted by Crippen LogP contribution is -2.14. The van der Waals surface area contributed by atoms with Gasteiger partial charge in [0.25, 0.3) is 5.91 Å². The first-order chi connectivity index (χ1) is 13.0. The van der Waals surface area contributed by atoms with Gasteiger partial charge in [-0.05, 0) is 24.3 Å². The van der Waals surface area contributed by atoms with Gasteiger partial charge in [-0.25, -0.2) is 4.79 Å². The summed E-state index contributed by atoms with van der Waals surface area (Å²) in [4.78, 5) is 23.7. The van der Waals surface area contributed by atoms with E-state index in [2.05, 4.69) is 10.1 Å². The van der Waals surface area contributed by atoms with Crippen molar-refractivity contribution < 1.29 is 19.1 Å². The van der Waals surface area contributed by atoms with Gasteiger partial charge < -0.3 is 14.8 Å². The Labute approximate surface area is 165 Å². The van der Waals surface area contributed by atoms with Crippen molar-refractivity contribution in [2.75, 3.05) is 19.0 Å². The van der Waals surface area contributed by atoms with Gasteiger partial charge in [-0.2, -0.15) is 5.26 Å². The normalized spacial score (nSPS) is 10.7. The van der Waals surface area contributed by atoms with Gasteiger partial charge in [-0.1, -0.05) is 47.5 Å². The molecule has 8 heteroatoms. The Morgan fingerprint density at radius 2 is 1.93 bits per heavy atom. The predicted octanol–water partition coefficient (Wildman–Crippen LogP) is 4.09. The fraction of sp³-hybridized carbons (Fsp3) is 0.105. The molecule has 1 amide bonds. The molecule has 0 aliphatic carbocycles. The zero-order chi connectivity index (χ0) is 19.8. The monoisotopic (exact) mass is 404 g/mol. The van der Waals surface area contributed by atoms with E-state index in [1.807, 2.05) is 6.07 Å². The first-order valence-electron chi connectivity index (χ1n) is 7.62. The molecule has 0 aliphatic rings. The van der Waals surface area contributed by atoms with E-state index in [1.54, 1.807) is 42.5 Å². The molecule has 0 spiro atoms. The second-order valence-electron chi connectivity index (χ2n) is 5.13. The molecule has 1 N–H and O–H groups in total. The van der Waals surface area contributed by atoms with E-state index >= 15 is 0 Å². The van der Waals surface area contributed by atoms with Crippen molar-refractivity contribution in [2.24, 2.45) is 0 Å². The number of ether oxygens (including phenoxy) is 2. The van der Waals surface area contributed by atoms with Crippen LogP contribution in [0.4, 0.5) is 5.69 Å². The van der Waals surface area contributed by atoms with Crippen LogP contribution in [0, 0.1) is 11.3 Å². The van der Waals surface area contributed by atoms with Crippen LogP contribution in [0.2, 0.25) is 10.0 Å². The van der Waals surface area contributed by atoms with Gasteiger partial charge in [0.15, 0.2) is 6.61 Å². The number of esters is 1. The maximum Gasteiger partial charge on any atom is 0.343 e. The number of halogens is 2. The number of anilines is 1. The highest BCUT2D eigenvalue weighted by Gasteiger charge is 2.14. The second-order valence-corrected chi connectivity index (χ2v) is 5.91. The Hall–Kier alpha value is -3.01. The van der Waals surface area contributed by atoms with Crippen LogP contribution in [0.1, 0.15) is 5.56 Å². The van der Waals surface area contributed by atoms with Crippen molar-refractivity contribution in [1.82, 2.24) is 0 Å². The summed E-state index contributed by atoms with van der Waals surface area (Å²) in [6, 6.07) is 13.2. The van der Waals surface area contributed by atoms with Gasteiger partial charge >= 0.3 is 5.97 Å². The lowest BCUT2D eigenvalue weighted by atomic mass is 10.1. The van der Waals surface area contributed by atoms with Crippen LogP contribution in [0.5, 0.6) is 5.75 Å². The van der Waals surface area contributed by atoms with E-state index in [1.165, 1.54) is 13.2 Å². The average molecular weight is 405 g/mol. The molecule has 0 bridgehead atoms. The molecule has 2 aromatic rings. The maximum absolute atomic E-state index is 12.4. The Balaban J connectivity index is 2.25. The van der Waals surface area contributed by atoms with Crippen LogP contribution in [0.15, 0.2) is 48.0 Å². The third-order valence-corrected chi connectivity index (χ3v) is 4.18. The summed E-state index contributed by atoms with van der Waals surface area (Å²) in [6.07, 6.45) is 1.35. The fourth-order valence-electron chi connectivity index (χ4n) is 2.02. The zero-order valence-electron chi connectivity index (χ0n) is 14.2. The van der Waals surface area contributed by atoms with Crippen molar-refractivity contribution in [3.8, 4) is 11.8 Å². The minimum absolute atomic E-state index is 0.173. The number of hydrogen-bond donors (Lipinski definition) is 1. The maximum atomic E-state index is 12.4. The molecule has 6 nitrogen and oxygen atoms in total. The predicted molar refractivity (Wildman–Crippen MR) is 103 cm³/mol. The smallest absolute Gasteiger partial charge is 0.343 e. The summed E-state index contributed by atoms with van der Waals surface area (Å²) in [6.45, 7) is -0.298. The molecule has 2 rings (SSSR count).